The van der Waals surface area contributed by atoms with E-state index in [0.717, 1.165) is 6.20 Å². The van der Waals surface area contributed by atoms with Crippen LogP contribution < -0.4 is 5.73 Å². The fraction of sp³-hybridized carbons (Fsp3) is 0.400. The van der Waals surface area contributed by atoms with Crippen LogP contribution in [-0.4, -0.2) is 33.1 Å². The number of carboxylic acids is 2. The number of allylic oxidation sites excluding steroid dienone is 1. The Hall–Kier alpha value is -2.22. The zero-order valence-corrected chi connectivity index (χ0v) is 10.4. The Kier molecular flexibility index (Phi) is 17.3. The molecule has 8 heteroatoms. The van der Waals surface area contributed by atoms with Crippen molar-refractivity contribution in [2.45, 2.75) is 26.8 Å². The first-order valence-electron chi connectivity index (χ1n) is 4.79. The lowest BCUT2D eigenvalue weighted by Crippen LogP contribution is -2.06. The second-order valence-electron chi connectivity index (χ2n) is 3.02. The van der Waals surface area contributed by atoms with Crippen LogP contribution in [0, 0.1) is 10.1 Å². The highest BCUT2D eigenvalue weighted by molar-refractivity contribution is 5.89. The minimum atomic E-state index is -1.26. The molecule has 0 unspecified atom stereocenters. The van der Waals surface area contributed by atoms with E-state index in [1.807, 2.05) is 13.8 Å². The topological polar surface area (TPSA) is 144 Å². The number of nitrogens with zero attached hydrogens (tertiary/aromatic N) is 1. The molecule has 0 aromatic rings. The number of hydrogen-bond acceptors (Lipinski definition) is 5. The summed E-state index contributed by atoms with van der Waals surface area (Å²) in [6.07, 6.45) is 3.38. The number of rotatable bonds is 3. The number of nitro groups is 1. The number of aliphatic carboxylic acids is 2. The van der Waals surface area contributed by atoms with Crippen molar-refractivity contribution in [2.24, 2.45) is 5.73 Å². The van der Waals surface area contributed by atoms with Crippen molar-refractivity contribution in [3.63, 3.8) is 0 Å². The third-order valence-electron chi connectivity index (χ3n) is 0.639. The van der Waals surface area contributed by atoms with Gasteiger partial charge in [-0.25, -0.2) is 9.59 Å². The zero-order chi connectivity index (χ0) is 15.1. The number of hydrogen-bond donors (Lipinski definition) is 3. The van der Waals surface area contributed by atoms with Gasteiger partial charge >= 0.3 is 11.9 Å². The van der Waals surface area contributed by atoms with E-state index >= 15 is 0 Å². The van der Waals surface area contributed by atoms with E-state index < -0.39 is 16.9 Å². The lowest BCUT2D eigenvalue weighted by Gasteiger charge is -1.81. The average Bonchev–Trinajstić information content (AvgIpc) is 2.14. The van der Waals surface area contributed by atoms with E-state index in [2.05, 4.69) is 0 Å². The van der Waals surface area contributed by atoms with Crippen LogP contribution in [0.3, 0.4) is 0 Å². The first-order valence-corrected chi connectivity index (χ1v) is 4.79. The Balaban J connectivity index is -0.000000200. The maximum atomic E-state index is 9.55. The summed E-state index contributed by atoms with van der Waals surface area (Å²) in [6, 6.07) is 0.333. The molecule has 104 valence electrons. The Labute approximate surface area is 105 Å². The minimum absolute atomic E-state index is 0.333. The highest BCUT2D eigenvalue weighted by Gasteiger charge is 1.88. The largest absolute Gasteiger partial charge is 0.478 e. The molecule has 0 atom stereocenters. The molecule has 0 fully saturated rings. The van der Waals surface area contributed by atoms with Gasteiger partial charge in [-0.3, -0.25) is 10.1 Å². The molecule has 0 rings (SSSR count). The third kappa shape index (κ3) is 67.4. The molecule has 8 nitrogen and oxygen atoms in total. The van der Waals surface area contributed by atoms with E-state index in [1.54, 1.807) is 6.92 Å². The molecule has 0 aliphatic carbocycles. The summed E-state index contributed by atoms with van der Waals surface area (Å²) >= 11 is 0. The zero-order valence-electron chi connectivity index (χ0n) is 10.4. The number of carbonyl (C=O) groups is 2. The molecule has 0 saturated carbocycles. The molecule has 0 aromatic heterocycles. The van der Waals surface area contributed by atoms with Crippen LogP contribution in [0.2, 0.25) is 0 Å². The maximum absolute atomic E-state index is 9.55. The minimum Gasteiger partial charge on any atom is -0.478 e. The SMILES string of the molecule is CC(C)N.CC=C[N+](=O)[O-].O=C(O)/C=C/C(=O)O. The fourth-order valence-electron chi connectivity index (χ4n) is 0.264. The predicted octanol–water partition coefficient (Wildman–Crippen LogP) is 0.862. The molecule has 0 aromatic carbocycles. The van der Waals surface area contributed by atoms with E-state index in [4.69, 9.17) is 15.9 Å². The summed E-state index contributed by atoms with van der Waals surface area (Å²) in [5.41, 5.74) is 5.11. The van der Waals surface area contributed by atoms with Gasteiger partial charge in [0.1, 0.15) is 0 Å². The van der Waals surface area contributed by atoms with Gasteiger partial charge in [-0.1, -0.05) is 13.8 Å². The summed E-state index contributed by atoms with van der Waals surface area (Å²) in [5, 5.41) is 24.9. The summed E-state index contributed by atoms with van der Waals surface area (Å²) < 4.78 is 0. The molecule has 0 bridgehead atoms. The second kappa shape index (κ2) is 14.8. The Bertz CT molecular complexity index is 291. The molecule has 0 aliphatic rings. The highest BCUT2D eigenvalue weighted by atomic mass is 16.6. The van der Waals surface area contributed by atoms with E-state index in [0.29, 0.717) is 18.2 Å². The molecular weight excluding hydrogens is 244 g/mol. The van der Waals surface area contributed by atoms with Gasteiger partial charge in [-0.15, -0.1) is 0 Å². The molecular formula is C10H18N2O6. The molecule has 0 aliphatic heterocycles. The van der Waals surface area contributed by atoms with Crippen LogP contribution in [0.5, 0.6) is 0 Å². The molecule has 0 amide bonds. The Morgan fingerprint density at radius 3 is 1.56 bits per heavy atom. The third-order valence-corrected chi connectivity index (χ3v) is 0.639. The van der Waals surface area contributed by atoms with Gasteiger partial charge in [0.05, 0.1) is 4.92 Å². The van der Waals surface area contributed by atoms with E-state index in [1.165, 1.54) is 6.08 Å². The molecule has 0 saturated heterocycles. The van der Waals surface area contributed by atoms with E-state index in [-0.39, 0.29) is 0 Å². The van der Waals surface area contributed by atoms with Gasteiger partial charge in [0.2, 0.25) is 6.20 Å². The predicted molar refractivity (Wildman–Crippen MR) is 65.5 cm³/mol. The monoisotopic (exact) mass is 262 g/mol. The average molecular weight is 262 g/mol. The maximum Gasteiger partial charge on any atom is 0.328 e. The summed E-state index contributed by atoms with van der Waals surface area (Å²) in [7, 11) is 0. The first-order chi connectivity index (χ1) is 8.13. The van der Waals surface area contributed by atoms with Crippen molar-refractivity contribution in [1.82, 2.24) is 0 Å². The lowest BCUT2D eigenvalue weighted by molar-refractivity contribution is -0.402. The van der Waals surface area contributed by atoms with Crippen LogP contribution in [0.4, 0.5) is 0 Å². The van der Waals surface area contributed by atoms with Crippen molar-refractivity contribution in [3.8, 4) is 0 Å². The first kappa shape index (κ1) is 21.1. The quantitative estimate of drug-likeness (QED) is 0.388. The Morgan fingerprint density at radius 1 is 1.22 bits per heavy atom. The van der Waals surface area contributed by atoms with Crippen LogP contribution >= 0.6 is 0 Å². The standard InChI is InChI=1S/C4H4O4.C3H5NO2.C3H9N/c5-3(6)1-2-4(7)8;1-2-3-4(5)6;1-3(2)4/h1-2H,(H,5,6)(H,7,8);2-3H,1H3;3H,4H2,1-2H3/b2-1+;;. The summed E-state index contributed by atoms with van der Waals surface area (Å²) in [5.74, 6) is -2.51. The van der Waals surface area contributed by atoms with E-state index in [9.17, 15) is 19.7 Å². The van der Waals surface area contributed by atoms with Crippen molar-refractivity contribution in [3.05, 3.63) is 34.5 Å². The van der Waals surface area contributed by atoms with Gasteiger partial charge in [0.15, 0.2) is 0 Å². The molecule has 0 radical (unpaired) electrons. The van der Waals surface area contributed by atoms with Gasteiger partial charge < -0.3 is 15.9 Å². The molecule has 0 spiro atoms. The molecule has 4 N–H and O–H groups in total. The summed E-state index contributed by atoms with van der Waals surface area (Å²) in [4.78, 5) is 27.9. The summed E-state index contributed by atoms with van der Waals surface area (Å²) in [6.45, 7) is 5.49. The van der Waals surface area contributed by atoms with Gasteiger partial charge in [0.25, 0.3) is 0 Å². The van der Waals surface area contributed by atoms with Crippen molar-refractivity contribution in [1.29, 1.82) is 0 Å². The smallest absolute Gasteiger partial charge is 0.328 e. The van der Waals surface area contributed by atoms with Crippen molar-refractivity contribution >= 4 is 11.9 Å². The van der Waals surface area contributed by atoms with Crippen LogP contribution in [0.15, 0.2) is 24.4 Å². The van der Waals surface area contributed by atoms with Crippen molar-refractivity contribution < 1.29 is 24.7 Å². The number of nitrogens with two attached hydrogens (primary N) is 1. The lowest BCUT2D eigenvalue weighted by atomic mass is 10.5. The molecule has 18 heavy (non-hydrogen) atoms. The van der Waals surface area contributed by atoms with Crippen LogP contribution in [-0.2, 0) is 9.59 Å². The normalized spacial score (nSPS) is 9.39. The Morgan fingerprint density at radius 2 is 1.50 bits per heavy atom. The van der Waals surface area contributed by atoms with Gasteiger partial charge in [-0.05, 0) is 19.0 Å². The van der Waals surface area contributed by atoms with Crippen LogP contribution in [0.1, 0.15) is 20.8 Å². The van der Waals surface area contributed by atoms with Gasteiger partial charge in [0, 0.05) is 12.2 Å². The highest BCUT2D eigenvalue weighted by Crippen LogP contribution is 1.70. The van der Waals surface area contributed by atoms with Gasteiger partial charge in [-0.2, -0.15) is 0 Å². The molecule has 0 heterocycles. The fourth-order valence-corrected chi connectivity index (χ4v) is 0.264. The van der Waals surface area contributed by atoms with Crippen LogP contribution in [0.25, 0.3) is 0 Å². The van der Waals surface area contributed by atoms with Crippen molar-refractivity contribution in [2.75, 3.05) is 0 Å². The second-order valence-corrected chi connectivity index (χ2v) is 3.02. The number of carboxylic acid groups (broad SMARTS) is 2.